The first kappa shape index (κ1) is 12.8. The van der Waals surface area contributed by atoms with Crippen molar-refractivity contribution in [3.8, 4) is 17.6 Å². The molecule has 5 nitrogen and oxygen atoms in total. The number of nitrogens with one attached hydrogen (secondary N) is 1. The molecule has 0 radical (unpaired) electrons. The van der Waals surface area contributed by atoms with Crippen molar-refractivity contribution in [1.82, 2.24) is 5.32 Å². The Labute approximate surface area is 99.6 Å². The molecule has 1 atom stereocenters. The molecule has 90 valence electrons. The molecule has 1 amide bonds. The SMILES string of the molecule is CCC(C#N)NC(=O)c1cc(OC)ccc1O. The van der Waals surface area contributed by atoms with Crippen LogP contribution in [0.4, 0.5) is 0 Å². The third kappa shape index (κ3) is 3.11. The first-order chi connectivity index (χ1) is 8.12. The minimum Gasteiger partial charge on any atom is -0.507 e. The number of methoxy groups -OCH3 is 1. The first-order valence-electron chi connectivity index (χ1n) is 5.19. The summed E-state index contributed by atoms with van der Waals surface area (Å²) < 4.78 is 4.96. The van der Waals surface area contributed by atoms with Crippen LogP contribution in [-0.4, -0.2) is 24.2 Å². The third-order valence-electron chi connectivity index (χ3n) is 2.32. The Morgan fingerprint density at radius 1 is 1.65 bits per heavy atom. The topological polar surface area (TPSA) is 82.4 Å². The van der Waals surface area contributed by atoms with Gasteiger partial charge in [0.15, 0.2) is 0 Å². The van der Waals surface area contributed by atoms with Gasteiger partial charge in [-0.15, -0.1) is 0 Å². The highest BCUT2D eigenvalue weighted by atomic mass is 16.5. The fourth-order valence-corrected chi connectivity index (χ4v) is 1.29. The molecule has 0 aromatic heterocycles. The summed E-state index contributed by atoms with van der Waals surface area (Å²) in [6, 6.07) is 5.74. The van der Waals surface area contributed by atoms with Gasteiger partial charge in [-0.1, -0.05) is 6.92 Å². The summed E-state index contributed by atoms with van der Waals surface area (Å²) in [5, 5.41) is 20.8. The Kier molecular flexibility index (Phi) is 4.35. The van der Waals surface area contributed by atoms with E-state index in [-0.39, 0.29) is 11.3 Å². The lowest BCUT2D eigenvalue weighted by Gasteiger charge is -2.11. The number of amides is 1. The van der Waals surface area contributed by atoms with E-state index < -0.39 is 11.9 Å². The van der Waals surface area contributed by atoms with Gasteiger partial charge in [0.25, 0.3) is 5.91 Å². The first-order valence-corrected chi connectivity index (χ1v) is 5.19. The molecule has 0 aliphatic heterocycles. The maximum atomic E-state index is 11.8. The van der Waals surface area contributed by atoms with E-state index in [4.69, 9.17) is 10.00 Å². The number of carbonyl (C=O) groups is 1. The van der Waals surface area contributed by atoms with Gasteiger partial charge in [0, 0.05) is 0 Å². The summed E-state index contributed by atoms with van der Waals surface area (Å²) in [7, 11) is 1.47. The highest BCUT2D eigenvalue weighted by Crippen LogP contribution is 2.22. The number of hydrogen-bond donors (Lipinski definition) is 2. The zero-order valence-electron chi connectivity index (χ0n) is 9.73. The lowest BCUT2D eigenvalue weighted by molar-refractivity contribution is 0.0941. The van der Waals surface area contributed by atoms with Gasteiger partial charge >= 0.3 is 0 Å². The van der Waals surface area contributed by atoms with E-state index >= 15 is 0 Å². The van der Waals surface area contributed by atoms with E-state index in [1.807, 2.05) is 6.07 Å². The number of ether oxygens (including phenoxy) is 1. The van der Waals surface area contributed by atoms with Crippen molar-refractivity contribution in [2.24, 2.45) is 0 Å². The van der Waals surface area contributed by atoms with E-state index in [1.165, 1.54) is 19.2 Å². The average molecular weight is 234 g/mol. The molecule has 1 unspecified atom stereocenters. The molecule has 0 saturated carbocycles. The number of nitriles is 1. The van der Waals surface area contributed by atoms with Gasteiger partial charge in [-0.2, -0.15) is 5.26 Å². The van der Waals surface area contributed by atoms with E-state index in [0.717, 1.165) is 0 Å². The molecule has 0 heterocycles. The van der Waals surface area contributed by atoms with E-state index in [9.17, 15) is 9.90 Å². The lowest BCUT2D eigenvalue weighted by atomic mass is 10.1. The quantitative estimate of drug-likeness (QED) is 0.825. The number of nitrogens with zero attached hydrogens (tertiary/aromatic N) is 1. The number of benzene rings is 1. The summed E-state index contributed by atoms with van der Waals surface area (Å²) >= 11 is 0. The monoisotopic (exact) mass is 234 g/mol. The predicted octanol–water partition coefficient (Wildman–Crippen LogP) is 1.43. The summed E-state index contributed by atoms with van der Waals surface area (Å²) in [6.07, 6.45) is 0.507. The number of hydrogen-bond acceptors (Lipinski definition) is 4. The predicted molar refractivity (Wildman–Crippen MR) is 61.8 cm³/mol. The Bertz CT molecular complexity index is 452. The Balaban J connectivity index is 2.92. The van der Waals surface area contributed by atoms with E-state index in [2.05, 4.69) is 5.32 Å². The van der Waals surface area contributed by atoms with E-state index in [1.54, 1.807) is 13.0 Å². The fraction of sp³-hybridized carbons (Fsp3) is 0.333. The smallest absolute Gasteiger partial charge is 0.256 e. The Morgan fingerprint density at radius 3 is 2.88 bits per heavy atom. The van der Waals surface area contributed by atoms with Crippen LogP contribution < -0.4 is 10.1 Å². The number of phenols is 1. The number of phenolic OH excluding ortho intramolecular Hbond substituents is 1. The third-order valence-corrected chi connectivity index (χ3v) is 2.32. The molecule has 0 fully saturated rings. The Morgan fingerprint density at radius 2 is 2.35 bits per heavy atom. The summed E-state index contributed by atoms with van der Waals surface area (Å²) in [5.74, 6) is -0.163. The molecule has 1 rings (SSSR count). The van der Waals surface area contributed by atoms with Gasteiger partial charge in [0.1, 0.15) is 17.5 Å². The van der Waals surface area contributed by atoms with Crippen LogP contribution in [0, 0.1) is 11.3 Å². The molecule has 2 N–H and O–H groups in total. The molecule has 0 saturated heterocycles. The maximum Gasteiger partial charge on any atom is 0.256 e. The summed E-state index contributed by atoms with van der Waals surface area (Å²) in [5.41, 5.74) is 0.0954. The van der Waals surface area contributed by atoms with Crippen molar-refractivity contribution < 1.29 is 14.6 Å². The van der Waals surface area contributed by atoms with Gasteiger partial charge in [-0.3, -0.25) is 4.79 Å². The van der Waals surface area contributed by atoms with Crippen LogP contribution in [0.1, 0.15) is 23.7 Å². The van der Waals surface area contributed by atoms with Crippen LogP contribution in [0.25, 0.3) is 0 Å². The number of aromatic hydroxyl groups is 1. The molecule has 0 spiro atoms. The van der Waals surface area contributed by atoms with Crippen molar-refractivity contribution >= 4 is 5.91 Å². The summed E-state index contributed by atoms with van der Waals surface area (Å²) in [4.78, 5) is 11.8. The van der Waals surface area contributed by atoms with Crippen LogP contribution in [0.15, 0.2) is 18.2 Å². The van der Waals surface area contributed by atoms with Crippen LogP contribution >= 0.6 is 0 Å². The van der Waals surface area contributed by atoms with Crippen LogP contribution in [0.3, 0.4) is 0 Å². The van der Waals surface area contributed by atoms with Crippen molar-refractivity contribution in [1.29, 1.82) is 5.26 Å². The molecule has 17 heavy (non-hydrogen) atoms. The van der Waals surface area contributed by atoms with Crippen molar-refractivity contribution in [3.05, 3.63) is 23.8 Å². The van der Waals surface area contributed by atoms with E-state index in [0.29, 0.717) is 12.2 Å². The van der Waals surface area contributed by atoms with Crippen LogP contribution in [-0.2, 0) is 0 Å². The van der Waals surface area contributed by atoms with Gasteiger partial charge in [0.2, 0.25) is 0 Å². The lowest BCUT2D eigenvalue weighted by Crippen LogP contribution is -2.33. The Hall–Kier alpha value is -2.22. The maximum absolute atomic E-state index is 11.8. The number of rotatable bonds is 4. The average Bonchev–Trinajstić information content (AvgIpc) is 2.36. The van der Waals surface area contributed by atoms with Crippen molar-refractivity contribution in [2.45, 2.75) is 19.4 Å². The molecule has 5 heteroatoms. The molecule has 0 bridgehead atoms. The molecular weight excluding hydrogens is 220 g/mol. The van der Waals surface area contributed by atoms with Crippen molar-refractivity contribution in [3.63, 3.8) is 0 Å². The second kappa shape index (κ2) is 5.75. The van der Waals surface area contributed by atoms with Gasteiger partial charge in [-0.25, -0.2) is 0 Å². The molecule has 1 aromatic rings. The molecule has 0 aliphatic carbocycles. The van der Waals surface area contributed by atoms with Gasteiger partial charge in [-0.05, 0) is 24.6 Å². The minimum atomic E-state index is -0.562. The zero-order chi connectivity index (χ0) is 12.8. The summed E-state index contributed by atoms with van der Waals surface area (Å²) in [6.45, 7) is 1.79. The molecular formula is C12H14N2O3. The van der Waals surface area contributed by atoms with Crippen LogP contribution in [0.5, 0.6) is 11.5 Å². The highest BCUT2D eigenvalue weighted by Gasteiger charge is 2.15. The van der Waals surface area contributed by atoms with Crippen molar-refractivity contribution in [2.75, 3.05) is 7.11 Å². The minimum absolute atomic E-state index is 0.0954. The largest absolute Gasteiger partial charge is 0.507 e. The zero-order valence-corrected chi connectivity index (χ0v) is 9.73. The molecule has 1 aromatic carbocycles. The number of carbonyl (C=O) groups excluding carboxylic acids is 1. The normalized spacial score (nSPS) is 11.4. The van der Waals surface area contributed by atoms with Gasteiger partial charge < -0.3 is 15.2 Å². The second-order valence-corrected chi connectivity index (χ2v) is 3.45. The fourth-order valence-electron chi connectivity index (χ4n) is 1.29. The molecule has 0 aliphatic rings. The highest BCUT2D eigenvalue weighted by molar-refractivity contribution is 5.97. The second-order valence-electron chi connectivity index (χ2n) is 3.45. The van der Waals surface area contributed by atoms with Gasteiger partial charge in [0.05, 0.1) is 18.7 Å². The van der Waals surface area contributed by atoms with Crippen LogP contribution in [0.2, 0.25) is 0 Å². The standard InChI is InChI=1S/C12H14N2O3/c1-3-8(7-13)14-12(16)10-6-9(17-2)4-5-11(10)15/h4-6,8,15H,3H2,1-2H3,(H,14,16).